The third-order valence-corrected chi connectivity index (χ3v) is 3.25. The summed E-state index contributed by atoms with van der Waals surface area (Å²) in [7, 11) is 0. The Labute approximate surface area is 99.2 Å². The second kappa shape index (κ2) is 6.04. The van der Waals surface area contributed by atoms with E-state index in [2.05, 4.69) is 51.2 Å². The van der Waals surface area contributed by atoms with Gasteiger partial charge in [0, 0.05) is 30.4 Å². The lowest BCUT2D eigenvalue weighted by Crippen LogP contribution is -2.33. The first kappa shape index (κ1) is 13.2. The molecule has 3 heteroatoms. The van der Waals surface area contributed by atoms with Crippen molar-refractivity contribution in [3.63, 3.8) is 0 Å². The summed E-state index contributed by atoms with van der Waals surface area (Å²) in [4.78, 5) is 0. The number of nitrogens with one attached hydrogen (secondary N) is 1. The van der Waals surface area contributed by atoms with Gasteiger partial charge in [-0.1, -0.05) is 20.8 Å². The fraction of sp³-hybridized carbons (Fsp3) is 0.769. The van der Waals surface area contributed by atoms with E-state index >= 15 is 0 Å². The van der Waals surface area contributed by atoms with Gasteiger partial charge in [-0.05, 0) is 26.2 Å². The highest BCUT2D eigenvalue weighted by molar-refractivity contribution is 5.10. The molecule has 0 saturated heterocycles. The summed E-state index contributed by atoms with van der Waals surface area (Å²) in [5, 5.41) is 8.00. The maximum atomic E-state index is 4.33. The maximum Gasteiger partial charge on any atom is 0.0537 e. The van der Waals surface area contributed by atoms with Crippen LogP contribution in [0.25, 0.3) is 0 Å². The van der Waals surface area contributed by atoms with Crippen molar-refractivity contribution in [2.24, 2.45) is 5.92 Å². The molecule has 0 bridgehead atoms. The number of aryl methyl sites for hydroxylation is 1. The summed E-state index contributed by atoms with van der Waals surface area (Å²) in [6, 6.07) is 0.965. The van der Waals surface area contributed by atoms with Gasteiger partial charge in [-0.2, -0.15) is 5.10 Å². The lowest BCUT2D eigenvalue weighted by Gasteiger charge is -2.24. The van der Waals surface area contributed by atoms with Gasteiger partial charge >= 0.3 is 0 Å². The monoisotopic (exact) mass is 223 g/mol. The van der Waals surface area contributed by atoms with Gasteiger partial charge in [0.25, 0.3) is 0 Å². The molecule has 16 heavy (non-hydrogen) atoms. The molecule has 1 rings (SSSR count). The van der Waals surface area contributed by atoms with Crippen LogP contribution in [0.1, 0.15) is 52.6 Å². The molecule has 1 aromatic heterocycles. The van der Waals surface area contributed by atoms with Crippen molar-refractivity contribution in [3.05, 3.63) is 18.0 Å². The van der Waals surface area contributed by atoms with Crippen molar-refractivity contribution in [2.45, 2.75) is 59.7 Å². The minimum Gasteiger partial charge on any atom is -0.307 e. The fourth-order valence-corrected chi connectivity index (χ4v) is 1.69. The Morgan fingerprint density at radius 1 is 1.31 bits per heavy atom. The zero-order chi connectivity index (χ0) is 12.1. The molecule has 0 aromatic carbocycles. The molecule has 1 heterocycles. The van der Waals surface area contributed by atoms with Gasteiger partial charge in [-0.25, -0.2) is 0 Å². The highest BCUT2D eigenvalue weighted by atomic mass is 15.3. The average Bonchev–Trinajstić information content (AvgIpc) is 2.73. The van der Waals surface area contributed by atoms with Crippen LogP contribution in [-0.2, 0) is 6.54 Å². The molecule has 0 saturated carbocycles. The first-order chi connectivity index (χ1) is 7.58. The van der Waals surface area contributed by atoms with Crippen LogP contribution in [0.15, 0.2) is 12.4 Å². The van der Waals surface area contributed by atoms with E-state index in [0.717, 1.165) is 13.0 Å². The van der Waals surface area contributed by atoms with Gasteiger partial charge in [0.15, 0.2) is 0 Å². The van der Waals surface area contributed by atoms with Crippen LogP contribution in [0.2, 0.25) is 0 Å². The predicted molar refractivity (Wildman–Crippen MR) is 68.4 cm³/mol. The highest BCUT2D eigenvalue weighted by Crippen LogP contribution is 2.18. The van der Waals surface area contributed by atoms with Crippen molar-refractivity contribution in [1.82, 2.24) is 15.1 Å². The largest absolute Gasteiger partial charge is 0.307 e. The van der Waals surface area contributed by atoms with E-state index in [1.54, 1.807) is 0 Å². The Balaban J connectivity index is 2.66. The van der Waals surface area contributed by atoms with Crippen molar-refractivity contribution < 1.29 is 0 Å². The number of rotatable bonds is 6. The van der Waals surface area contributed by atoms with Gasteiger partial charge in [0.2, 0.25) is 0 Å². The second-order valence-electron chi connectivity index (χ2n) is 4.79. The molecule has 0 aliphatic rings. The zero-order valence-electron chi connectivity index (χ0n) is 11.2. The Morgan fingerprint density at radius 3 is 2.44 bits per heavy atom. The van der Waals surface area contributed by atoms with Crippen molar-refractivity contribution in [2.75, 3.05) is 0 Å². The summed E-state index contributed by atoms with van der Waals surface area (Å²) < 4.78 is 1.99. The Hall–Kier alpha value is -0.830. The average molecular weight is 223 g/mol. The molecule has 0 radical (unpaired) electrons. The highest BCUT2D eigenvalue weighted by Gasteiger charge is 2.15. The Morgan fingerprint density at radius 2 is 2.00 bits per heavy atom. The van der Waals surface area contributed by atoms with Gasteiger partial charge < -0.3 is 5.32 Å². The smallest absolute Gasteiger partial charge is 0.0537 e. The fourth-order valence-electron chi connectivity index (χ4n) is 1.69. The quantitative estimate of drug-likeness (QED) is 0.803. The summed E-state index contributed by atoms with van der Waals surface area (Å²) >= 11 is 0. The molecule has 0 fully saturated rings. The molecule has 0 aliphatic heterocycles. The number of hydrogen-bond donors (Lipinski definition) is 1. The van der Waals surface area contributed by atoms with E-state index in [0.29, 0.717) is 18.0 Å². The molecule has 0 spiro atoms. The SMILES string of the molecule is CCC(NC(C)C(C)C)c1cnn(CC)c1. The Kier molecular flexibility index (Phi) is 5.00. The van der Waals surface area contributed by atoms with Crippen LogP contribution < -0.4 is 5.32 Å². The molecule has 2 unspecified atom stereocenters. The minimum absolute atomic E-state index is 0.428. The lowest BCUT2D eigenvalue weighted by molar-refractivity contribution is 0.370. The minimum atomic E-state index is 0.428. The standard InChI is InChI=1S/C13H25N3/c1-6-13(15-11(5)10(3)4)12-8-14-16(7-2)9-12/h8-11,13,15H,6-7H2,1-5H3. The molecule has 0 amide bonds. The van der Waals surface area contributed by atoms with Crippen LogP contribution in [0.4, 0.5) is 0 Å². The third-order valence-electron chi connectivity index (χ3n) is 3.25. The van der Waals surface area contributed by atoms with E-state index in [9.17, 15) is 0 Å². The van der Waals surface area contributed by atoms with E-state index < -0.39 is 0 Å². The molecule has 0 aliphatic carbocycles. The summed E-state index contributed by atoms with van der Waals surface area (Å²) in [5.41, 5.74) is 1.30. The van der Waals surface area contributed by atoms with Crippen LogP contribution in [-0.4, -0.2) is 15.8 Å². The second-order valence-corrected chi connectivity index (χ2v) is 4.79. The number of nitrogens with zero attached hydrogens (tertiary/aromatic N) is 2. The van der Waals surface area contributed by atoms with Crippen LogP contribution in [0.3, 0.4) is 0 Å². The predicted octanol–water partition coefficient (Wildman–Crippen LogP) is 2.99. The number of hydrogen-bond acceptors (Lipinski definition) is 2. The molecule has 3 nitrogen and oxygen atoms in total. The van der Waals surface area contributed by atoms with Gasteiger partial charge in [0.1, 0.15) is 0 Å². The normalized spacial score (nSPS) is 15.4. The van der Waals surface area contributed by atoms with Crippen LogP contribution in [0, 0.1) is 5.92 Å². The Bertz CT molecular complexity index is 304. The summed E-state index contributed by atoms with van der Waals surface area (Å²) in [6.45, 7) is 12.0. The van der Waals surface area contributed by atoms with E-state index in [4.69, 9.17) is 0 Å². The topological polar surface area (TPSA) is 29.9 Å². The van der Waals surface area contributed by atoms with Gasteiger partial charge in [-0.15, -0.1) is 0 Å². The molecular formula is C13H25N3. The summed E-state index contributed by atoms with van der Waals surface area (Å²) in [6.07, 6.45) is 5.23. The van der Waals surface area contributed by atoms with Crippen molar-refractivity contribution in [1.29, 1.82) is 0 Å². The van der Waals surface area contributed by atoms with E-state index in [1.165, 1.54) is 5.56 Å². The molecule has 1 aromatic rings. The molecule has 92 valence electrons. The van der Waals surface area contributed by atoms with Crippen molar-refractivity contribution >= 4 is 0 Å². The first-order valence-corrected chi connectivity index (χ1v) is 6.36. The van der Waals surface area contributed by atoms with Crippen LogP contribution in [0.5, 0.6) is 0 Å². The molecule has 2 atom stereocenters. The van der Waals surface area contributed by atoms with Gasteiger partial charge in [-0.3, -0.25) is 4.68 Å². The van der Waals surface area contributed by atoms with E-state index in [1.807, 2.05) is 10.9 Å². The maximum absolute atomic E-state index is 4.33. The molecule has 1 N–H and O–H groups in total. The first-order valence-electron chi connectivity index (χ1n) is 6.36. The third kappa shape index (κ3) is 3.34. The number of aromatic nitrogens is 2. The van der Waals surface area contributed by atoms with Gasteiger partial charge in [0.05, 0.1) is 6.20 Å². The lowest BCUT2D eigenvalue weighted by atomic mass is 10.0. The van der Waals surface area contributed by atoms with Crippen LogP contribution >= 0.6 is 0 Å². The zero-order valence-corrected chi connectivity index (χ0v) is 11.2. The van der Waals surface area contributed by atoms with E-state index in [-0.39, 0.29) is 0 Å². The molecular weight excluding hydrogens is 198 g/mol. The summed E-state index contributed by atoms with van der Waals surface area (Å²) in [5.74, 6) is 0.662. The van der Waals surface area contributed by atoms with Crippen molar-refractivity contribution in [3.8, 4) is 0 Å².